The van der Waals surface area contributed by atoms with Crippen LogP contribution in [0.15, 0.2) is 30.3 Å². The molecular formula is C13H14N2O3. The van der Waals surface area contributed by atoms with Gasteiger partial charge in [0.1, 0.15) is 0 Å². The van der Waals surface area contributed by atoms with Gasteiger partial charge < -0.3 is 9.94 Å². The third-order valence-corrected chi connectivity index (χ3v) is 2.64. The monoisotopic (exact) mass is 246 g/mol. The molecule has 0 bridgehead atoms. The molecule has 2 aromatic rings. The molecule has 18 heavy (non-hydrogen) atoms. The summed E-state index contributed by atoms with van der Waals surface area (Å²) in [5.41, 5.74) is 2.51. The van der Waals surface area contributed by atoms with Crippen molar-refractivity contribution in [2.24, 2.45) is 0 Å². The summed E-state index contributed by atoms with van der Waals surface area (Å²) in [4.78, 5) is 20.2. The van der Waals surface area contributed by atoms with Crippen LogP contribution in [0.1, 0.15) is 11.4 Å². The number of rotatable bonds is 4. The van der Waals surface area contributed by atoms with Gasteiger partial charge in [0.2, 0.25) is 6.61 Å². The van der Waals surface area contributed by atoms with E-state index in [1.807, 2.05) is 44.2 Å². The van der Waals surface area contributed by atoms with Gasteiger partial charge in [-0.05, 0) is 13.8 Å². The minimum atomic E-state index is -1.01. The lowest BCUT2D eigenvalue weighted by molar-refractivity contribution is -0.142. The Labute approximate surface area is 105 Å². The number of benzene rings is 1. The first-order chi connectivity index (χ1) is 8.59. The quantitative estimate of drug-likeness (QED) is 0.891. The summed E-state index contributed by atoms with van der Waals surface area (Å²) in [5.74, 6) is -0.397. The Hall–Kier alpha value is -2.30. The van der Waals surface area contributed by atoms with Gasteiger partial charge in [-0.2, -0.15) is 4.73 Å². The molecule has 0 aliphatic rings. The van der Waals surface area contributed by atoms with Crippen LogP contribution in [0.4, 0.5) is 0 Å². The zero-order valence-electron chi connectivity index (χ0n) is 10.3. The second kappa shape index (κ2) is 4.91. The van der Waals surface area contributed by atoms with E-state index in [2.05, 4.69) is 4.98 Å². The molecule has 0 aliphatic carbocycles. The van der Waals surface area contributed by atoms with Crippen LogP contribution in [0.3, 0.4) is 0 Å². The Morgan fingerprint density at radius 1 is 1.33 bits per heavy atom. The second-order valence-electron chi connectivity index (χ2n) is 3.93. The number of aryl methyl sites for hydroxylation is 1. The lowest BCUT2D eigenvalue weighted by Gasteiger charge is -2.09. The highest BCUT2D eigenvalue weighted by atomic mass is 16.7. The highest BCUT2D eigenvalue weighted by Crippen LogP contribution is 2.20. The van der Waals surface area contributed by atoms with Crippen LogP contribution in [0, 0.1) is 13.8 Å². The molecule has 5 heteroatoms. The molecule has 0 radical (unpaired) electrons. The van der Waals surface area contributed by atoms with Gasteiger partial charge in [0.05, 0.1) is 11.4 Å². The SMILES string of the molecule is Cc1nc(-c2ccccc2)n(OCC(=O)O)c1C. The summed E-state index contributed by atoms with van der Waals surface area (Å²) in [6.45, 7) is 3.31. The van der Waals surface area contributed by atoms with Crippen LogP contribution in [-0.2, 0) is 4.79 Å². The van der Waals surface area contributed by atoms with Gasteiger partial charge in [-0.15, -0.1) is 0 Å². The van der Waals surface area contributed by atoms with Gasteiger partial charge in [-0.3, -0.25) is 0 Å². The number of carboxylic acids is 1. The van der Waals surface area contributed by atoms with Crippen molar-refractivity contribution in [1.29, 1.82) is 0 Å². The number of hydrogen-bond acceptors (Lipinski definition) is 3. The molecule has 5 nitrogen and oxygen atoms in total. The van der Waals surface area contributed by atoms with E-state index in [0.29, 0.717) is 5.82 Å². The van der Waals surface area contributed by atoms with Crippen molar-refractivity contribution >= 4 is 5.97 Å². The summed E-state index contributed by atoms with van der Waals surface area (Å²) in [6, 6.07) is 9.52. The fourth-order valence-electron chi connectivity index (χ4n) is 1.64. The average Bonchev–Trinajstić information content (AvgIpc) is 2.64. The molecule has 1 N–H and O–H groups in total. The zero-order chi connectivity index (χ0) is 13.1. The van der Waals surface area contributed by atoms with Crippen LogP contribution >= 0.6 is 0 Å². The average molecular weight is 246 g/mol. The van der Waals surface area contributed by atoms with Gasteiger partial charge >= 0.3 is 5.97 Å². The smallest absolute Gasteiger partial charge is 0.344 e. The highest BCUT2D eigenvalue weighted by Gasteiger charge is 2.14. The van der Waals surface area contributed by atoms with Crippen molar-refractivity contribution in [3.05, 3.63) is 41.7 Å². The number of nitrogens with zero attached hydrogens (tertiary/aromatic N) is 2. The van der Waals surface area contributed by atoms with Crippen molar-refractivity contribution in [3.8, 4) is 11.4 Å². The van der Waals surface area contributed by atoms with E-state index in [4.69, 9.17) is 9.94 Å². The minimum Gasteiger partial charge on any atom is -0.479 e. The molecule has 0 fully saturated rings. The summed E-state index contributed by atoms with van der Waals surface area (Å²) in [6.07, 6.45) is 0. The van der Waals surface area contributed by atoms with Gasteiger partial charge in [0, 0.05) is 5.56 Å². The fourth-order valence-corrected chi connectivity index (χ4v) is 1.64. The van der Waals surface area contributed by atoms with Crippen LogP contribution in [0.2, 0.25) is 0 Å². The molecule has 0 amide bonds. The van der Waals surface area contributed by atoms with Gasteiger partial charge in [0.15, 0.2) is 5.82 Å². The molecule has 94 valence electrons. The van der Waals surface area contributed by atoms with E-state index in [9.17, 15) is 4.79 Å². The number of aliphatic carboxylic acids is 1. The molecule has 0 atom stereocenters. The first-order valence-electron chi connectivity index (χ1n) is 5.56. The summed E-state index contributed by atoms with van der Waals surface area (Å²) in [5, 5.41) is 8.68. The van der Waals surface area contributed by atoms with Crippen LogP contribution < -0.4 is 4.84 Å². The van der Waals surface area contributed by atoms with Gasteiger partial charge in [-0.25, -0.2) is 9.78 Å². The molecule has 1 aromatic heterocycles. The largest absolute Gasteiger partial charge is 0.479 e. The van der Waals surface area contributed by atoms with Crippen LogP contribution in [0.5, 0.6) is 0 Å². The molecule has 2 rings (SSSR count). The Morgan fingerprint density at radius 3 is 2.61 bits per heavy atom. The number of aromatic nitrogens is 2. The van der Waals surface area contributed by atoms with Crippen LogP contribution in [-0.4, -0.2) is 27.4 Å². The predicted molar refractivity (Wildman–Crippen MR) is 66.2 cm³/mol. The second-order valence-corrected chi connectivity index (χ2v) is 3.93. The molecule has 0 spiro atoms. The normalized spacial score (nSPS) is 10.3. The third kappa shape index (κ3) is 2.34. The molecule has 0 saturated carbocycles. The van der Waals surface area contributed by atoms with Crippen LogP contribution in [0.25, 0.3) is 11.4 Å². The van der Waals surface area contributed by atoms with Gasteiger partial charge in [-0.1, -0.05) is 30.3 Å². The standard InChI is InChI=1S/C13H14N2O3/c1-9-10(2)15(18-8-12(16)17)13(14-9)11-6-4-3-5-7-11/h3-7H,8H2,1-2H3,(H,16,17). The maximum Gasteiger partial charge on any atom is 0.344 e. The Bertz CT molecular complexity index is 561. The van der Waals surface area contributed by atoms with E-state index >= 15 is 0 Å². The third-order valence-electron chi connectivity index (χ3n) is 2.64. The Kier molecular flexibility index (Phi) is 3.32. The van der Waals surface area contributed by atoms with Gasteiger partial charge in [0.25, 0.3) is 0 Å². The molecule has 0 aliphatic heterocycles. The van der Waals surface area contributed by atoms with Crippen molar-refractivity contribution in [1.82, 2.24) is 9.71 Å². The summed E-state index contributed by atoms with van der Waals surface area (Å²) in [7, 11) is 0. The number of carbonyl (C=O) groups is 1. The Morgan fingerprint density at radius 2 is 2.00 bits per heavy atom. The van der Waals surface area contributed by atoms with Crippen molar-refractivity contribution in [3.63, 3.8) is 0 Å². The number of carboxylic acid groups (broad SMARTS) is 1. The van der Waals surface area contributed by atoms with E-state index in [1.165, 1.54) is 4.73 Å². The predicted octanol–water partition coefficient (Wildman–Crippen LogP) is 1.68. The summed E-state index contributed by atoms with van der Waals surface area (Å²) < 4.78 is 1.47. The van der Waals surface area contributed by atoms with Crippen molar-refractivity contribution in [2.45, 2.75) is 13.8 Å². The molecular weight excluding hydrogens is 232 g/mol. The lowest BCUT2D eigenvalue weighted by Crippen LogP contribution is -2.21. The lowest BCUT2D eigenvalue weighted by atomic mass is 10.2. The van der Waals surface area contributed by atoms with Crippen molar-refractivity contribution < 1.29 is 14.7 Å². The number of hydrogen-bond donors (Lipinski definition) is 1. The fraction of sp³-hybridized carbons (Fsp3) is 0.231. The van der Waals surface area contributed by atoms with E-state index in [-0.39, 0.29) is 0 Å². The summed E-state index contributed by atoms with van der Waals surface area (Å²) >= 11 is 0. The number of imidazole rings is 1. The van der Waals surface area contributed by atoms with E-state index in [0.717, 1.165) is 17.0 Å². The van der Waals surface area contributed by atoms with E-state index in [1.54, 1.807) is 0 Å². The van der Waals surface area contributed by atoms with Crippen molar-refractivity contribution in [2.75, 3.05) is 6.61 Å². The molecule has 1 heterocycles. The highest BCUT2D eigenvalue weighted by molar-refractivity contribution is 5.68. The maximum atomic E-state index is 10.6. The van der Waals surface area contributed by atoms with E-state index < -0.39 is 12.6 Å². The first-order valence-corrected chi connectivity index (χ1v) is 5.56. The first kappa shape index (κ1) is 12.2. The molecule has 0 saturated heterocycles. The topological polar surface area (TPSA) is 64.4 Å². The minimum absolute atomic E-state index is 0.392. The Balaban J connectivity index is 2.41. The molecule has 1 aromatic carbocycles. The zero-order valence-corrected chi connectivity index (χ0v) is 10.3. The molecule has 0 unspecified atom stereocenters. The maximum absolute atomic E-state index is 10.6.